The van der Waals surface area contributed by atoms with Gasteiger partial charge in [-0.25, -0.2) is 9.29 Å². The number of amides is 2. The zero-order valence-corrected chi connectivity index (χ0v) is 18.7. The van der Waals surface area contributed by atoms with E-state index in [0.717, 1.165) is 4.90 Å². The van der Waals surface area contributed by atoms with E-state index in [-0.39, 0.29) is 17.0 Å². The number of hydrogen-bond donors (Lipinski definition) is 1. The van der Waals surface area contributed by atoms with Crippen molar-refractivity contribution < 1.29 is 23.5 Å². The van der Waals surface area contributed by atoms with E-state index in [1.54, 1.807) is 48.5 Å². The molecule has 0 bridgehead atoms. The minimum Gasteiger partial charge on any atom is -0.495 e. The Balaban J connectivity index is 1.80. The summed E-state index contributed by atoms with van der Waals surface area (Å²) < 4.78 is 25.1. The molecule has 0 radical (unpaired) electrons. The van der Waals surface area contributed by atoms with Gasteiger partial charge >= 0.3 is 0 Å². The Bertz CT molecular complexity index is 1260. The molecule has 1 N–H and O–H groups in total. The highest BCUT2D eigenvalue weighted by Gasteiger charge is 2.41. The predicted molar refractivity (Wildman–Crippen MR) is 125 cm³/mol. The first kappa shape index (κ1) is 22.4. The van der Waals surface area contributed by atoms with E-state index in [1.165, 1.54) is 25.3 Å². The second kappa shape index (κ2) is 9.34. The van der Waals surface area contributed by atoms with Crippen molar-refractivity contribution in [1.82, 2.24) is 0 Å². The van der Waals surface area contributed by atoms with Crippen LogP contribution in [0, 0.1) is 5.82 Å². The molecule has 3 aromatic rings. The average Bonchev–Trinajstić information content (AvgIpc) is 3.04. The lowest BCUT2D eigenvalue weighted by Gasteiger charge is -2.16. The van der Waals surface area contributed by atoms with E-state index in [0.29, 0.717) is 34.4 Å². The number of carbonyl (C=O) groups excluding carboxylic acids is 2. The Morgan fingerprint density at radius 1 is 1.00 bits per heavy atom. The quantitative estimate of drug-likeness (QED) is 0.480. The lowest BCUT2D eigenvalue weighted by Crippen LogP contribution is -2.33. The highest BCUT2D eigenvalue weighted by Crippen LogP contribution is 2.36. The fourth-order valence-electron chi connectivity index (χ4n) is 3.54. The molecule has 0 fully saturated rings. The summed E-state index contributed by atoms with van der Waals surface area (Å²) in [6.07, 6.45) is 0. The van der Waals surface area contributed by atoms with Gasteiger partial charge in [-0.05, 0) is 55.0 Å². The Kier molecular flexibility index (Phi) is 6.33. The van der Waals surface area contributed by atoms with E-state index >= 15 is 0 Å². The summed E-state index contributed by atoms with van der Waals surface area (Å²) in [6.45, 7) is 2.36. The lowest BCUT2D eigenvalue weighted by molar-refractivity contribution is -0.120. The third-order valence-corrected chi connectivity index (χ3v) is 5.35. The number of benzene rings is 3. The van der Waals surface area contributed by atoms with Gasteiger partial charge in [0.25, 0.3) is 11.8 Å². The zero-order valence-electron chi connectivity index (χ0n) is 17.9. The number of nitrogens with zero attached hydrogens (tertiary/aromatic N) is 1. The van der Waals surface area contributed by atoms with E-state index in [4.69, 9.17) is 21.1 Å². The molecule has 1 aliphatic heterocycles. The fraction of sp³-hybridized carbons (Fsp3) is 0.120. The maximum Gasteiger partial charge on any atom is 0.282 e. The van der Waals surface area contributed by atoms with Crippen LogP contribution in [0.5, 0.6) is 11.5 Å². The van der Waals surface area contributed by atoms with Gasteiger partial charge in [-0.2, -0.15) is 0 Å². The Labute approximate surface area is 195 Å². The van der Waals surface area contributed by atoms with E-state index in [2.05, 4.69) is 5.32 Å². The molecule has 2 amide bonds. The highest BCUT2D eigenvalue weighted by molar-refractivity contribution is 6.46. The molecule has 0 aromatic heterocycles. The van der Waals surface area contributed by atoms with E-state index in [1.807, 2.05) is 6.92 Å². The third kappa shape index (κ3) is 4.27. The molecule has 1 aliphatic rings. The zero-order chi connectivity index (χ0) is 23.5. The van der Waals surface area contributed by atoms with Crippen molar-refractivity contribution in [2.45, 2.75) is 6.92 Å². The molecular formula is C25H20ClFN2O4. The van der Waals surface area contributed by atoms with Crippen LogP contribution in [0.15, 0.2) is 72.4 Å². The maximum atomic E-state index is 14.5. The number of anilines is 2. The van der Waals surface area contributed by atoms with Crippen molar-refractivity contribution in [3.63, 3.8) is 0 Å². The van der Waals surface area contributed by atoms with Crippen molar-refractivity contribution in [2.24, 2.45) is 0 Å². The molecule has 0 saturated heterocycles. The lowest BCUT2D eigenvalue weighted by atomic mass is 10.0. The first-order valence-corrected chi connectivity index (χ1v) is 10.5. The standard InChI is InChI=1S/C25H20ClFN2O4/c1-3-33-17-11-8-15(9-12-17)22-23(28-16-10-13-21(32-2)18(26)14-16)25(31)29(24(22)30)20-7-5-4-6-19(20)27/h4-14,28H,3H2,1-2H3. The minimum absolute atomic E-state index is 0.00801. The van der Waals surface area contributed by atoms with Crippen LogP contribution in [0.25, 0.3) is 5.57 Å². The number of imide groups is 1. The molecular weight excluding hydrogens is 447 g/mol. The van der Waals surface area contributed by atoms with E-state index in [9.17, 15) is 14.0 Å². The minimum atomic E-state index is -0.681. The largest absolute Gasteiger partial charge is 0.495 e. The van der Waals surface area contributed by atoms with Crippen molar-refractivity contribution in [3.05, 3.63) is 88.8 Å². The summed E-state index contributed by atoms with van der Waals surface area (Å²) in [6, 6.07) is 17.3. The Hall–Kier alpha value is -3.84. The summed E-state index contributed by atoms with van der Waals surface area (Å²) in [5.41, 5.74) is 0.945. The highest BCUT2D eigenvalue weighted by atomic mass is 35.5. The van der Waals surface area contributed by atoms with Gasteiger partial charge in [-0.3, -0.25) is 9.59 Å². The van der Waals surface area contributed by atoms with Crippen molar-refractivity contribution in [2.75, 3.05) is 23.9 Å². The number of ether oxygens (including phenoxy) is 2. The van der Waals surface area contributed by atoms with Crippen molar-refractivity contribution in [1.29, 1.82) is 0 Å². The van der Waals surface area contributed by atoms with Gasteiger partial charge in [0.05, 0.1) is 30.0 Å². The number of methoxy groups -OCH3 is 1. The second-order valence-electron chi connectivity index (χ2n) is 7.08. The number of para-hydroxylation sites is 1. The van der Waals surface area contributed by atoms with Crippen LogP contribution in [-0.2, 0) is 9.59 Å². The number of halogens is 2. The molecule has 0 saturated carbocycles. The molecule has 3 aromatic carbocycles. The van der Waals surface area contributed by atoms with Crippen LogP contribution in [0.3, 0.4) is 0 Å². The molecule has 0 spiro atoms. The van der Waals surface area contributed by atoms with Crippen LogP contribution in [-0.4, -0.2) is 25.5 Å². The van der Waals surface area contributed by atoms with Gasteiger partial charge in [0.1, 0.15) is 23.0 Å². The van der Waals surface area contributed by atoms with Crippen LogP contribution < -0.4 is 19.7 Å². The summed E-state index contributed by atoms with van der Waals surface area (Å²) >= 11 is 6.22. The Morgan fingerprint density at radius 2 is 1.73 bits per heavy atom. The Morgan fingerprint density at radius 3 is 2.36 bits per heavy atom. The van der Waals surface area contributed by atoms with Gasteiger partial charge < -0.3 is 14.8 Å². The normalized spacial score (nSPS) is 13.5. The summed E-state index contributed by atoms with van der Waals surface area (Å²) in [7, 11) is 1.49. The summed E-state index contributed by atoms with van der Waals surface area (Å²) in [5, 5.41) is 3.32. The monoisotopic (exact) mass is 466 g/mol. The van der Waals surface area contributed by atoms with Gasteiger partial charge in [-0.15, -0.1) is 0 Å². The first-order valence-electron chi connectivity index (χ1n) is 10.2. The van der Waals surface area contributed by atoms with Crippen LogP contribution in [0.1, 0.15) is 12.5 Å². The van der Waals surface area contributed by atoms with E-state index < -0.39 is 17.6 Å². The molecule has 1 heterocycles. The smallest absolute Gasteiger partial charge is 0.282 e. The van der Waals surface area contributed by atoms with Gasteiger partial charge in [-0.1, -0.05) is 35.9 Å². The molecule has 168 valence electrons. The van der Waals surface area contributed by atoms with Gasteiger partial charge in [0.15, 0.2) is 0 Å². The molecule has 0 aliphatic carbocycles. The maximum absolute atomic E-state index is 14.5. The molecule has 6 nitrogen and oxygen atoms in total. The van der Waals surface area contributed by atoms with Gasteiger partial charge in [0, 0.05) is 5.69 Å². The van der Waals surface area contributed by atoms with Crippen LogP contribution in [0.4, 0.5) is 15.8 Å². The number of nitrogens with one attached hydrogen (secondary N) is 1. The molecule has 33 heavy (non-hydrogen) atoms. The van der Waals surface area contributed by atoms with Crippen LogP contribution >= 0.6 is 11.6 Å². The topological polar surface area (TPSA) is 67.9 Å². The molecule has 0 atom stereocenters. The van der Waals surface area contributed by atoms with Crippen molar-refractivity contribution in [3.8, 4) is 11.5 Å². The predicted octanol–water partition coefficient (Wildman–Crippen LogP) is 5.28. The second-order valence-corrected chi connectivity index (χ2v) is 7.49. The summed E-state index contributed by atoms with van der Waals surface area (Å²) in [4.78, 5) is 27.6. The first-order chi connectivity index (χ1) is 15.9. The third-order valence-electron chi connectivity index (χ3n) is 5.05. The van der Waals surface area contributed by atoms with Crippen molar-refractivity contribution >= 4 is 40.4 Å². The average molecular weight is 467 g/mol. The number of carbonyl (C=O) groups is 2. The van der Waals surface area contributed by atoms with Crippen LogP contribution in [0.2, 0.25) is 5.02 Å². The number of hydrogen-bond acceptors (Lipinski definition) is 5. The molecule has 0 unspecified atom stereocenters. The molecule has 8 heteroatoms. The number of rotatable bonds is 7. The van der Waals surface area contributed by atoms with Gasteiger partial charge in [0.2, 0.25) is 0 Å². The molecule has 4 rings (SSSR count). The summed E-state index contributed by atoms with van der Waals surface area (Å²) in [5.74, 6) is -0.915. The fourth-order valence-corrected chi connectivity index (χ4v) is 3.80. The SMILES string of the molecule is CCOc1ccc(C2=C(Nc3ccc(OC)c(Cl)c3)C(=O)N(c3ccccc3F)C2=O)cc1.